The van der Waals surface area contributed by atoms with Crippen LogP contribution >= 0.6 is 0 Å². The monoisotopic (exact) mass is 418 g/mol. The molecule has 0 bridgehead atoms. The molecule has 158 valence electrons. The molecule has 0 aliphatic heterocycles. The lowest BCUT2D eigenvalue weighted by atomic mass is 9.91. The number of aliphatic hydroxyl groups excluding tert-OH is 2. The predicted octanol–water partition coefficient (Wildman–Crippen LogP) is 5.71. The van der Waals surface area contributed by atoms with Gasteiger partial charge in [-0.25, -0.2) is 0 Å². The number of hydrogen-bond donors (Lipinski definition) is 2. The second-order valence-electron chi connectivity index (χ2n) is 7.34. The first kappa shape index (κ1) is 22.9. The van der Waals surface area contributed by atoms with Crippen molar-refractivity contribution in [3.8, 4) is 23.7 Å². The van der Waals surface area contributed by atoms with Gasteiger partial charge in [0.2, 0.25) is 0 Å². The maximum absolute atomic E-state index is 10.8. The van der Waals surface area contributed by atoms with E-state index in [0.29, 0.717) is 35.1 Å². The largest absolute Gasteiger partial charge is 0.388 e. The molecule has 3 aromatic rings. The number of hydrogen-bond acceptors (Lipinski definition) is 2. The van der Waals surface area contributed by atoms with Crippen LogP contribution in [0.2, 0.25) is 0 Å². The van der Waals surface area contributed by atoms with Gasteiger partial charge in [-0.15, -0.1) is 13.2 Å². The molecule has 0 heterocycles. The van der Waals surface area contributed by atoms with Gasteiger partial charge in [0.15, 0.2) is 0 Å². The Labute approximate surface area is 190 Å². The first-order valence-corrected chi connectivity index (χ1v) is 10.5. The van der Waals surface area contributed by atoms with Gasteiger partial charge in [0.25, 0.3) is 0 Å². The molecule has 0 fully saturated rings. The molecule has 0 spiro atoms. The van der Waals surface area contributed by atoms with E-state index >= 15 is 0 Å². The SMILES string of the molecule is C=CCC(O)c1cc(C#Cc2ccccc2)c(C(O)CC=C)cc1C#Cc1ccccc1. The normalized spacial score (nSPS) is 11.8. The van der Waals surface area contributed by atoms with Crippen LogP contribution in [0.15, 0.2) is 98.1 Å². The molecule has 0 aliphatic carbocycles. The van der Waals surface area contributed by atoms with Crippen LogP contribution in [0.3, 0.4) is 0 Å². The first-order chi connectivity index (χ1) is 15.6. The summed E-state index contributed by atoms with van der Waals surface area (Å²) in [5.74, 6) is 12.7. The van der Waals surface area contributed by atoms with Crippen molar-refractivity contribution in [3.63, 3.8) is 0 Å². The topological polar surface area (TPSA) is 40.5 Å². The highest BCUT2D eigenvalue weighted by molar-refractivity contribution is 5.56. The highest BCUT2D eigenvalue weighted by Crippen LogP contribution is 2.29. The van der Waals surface area contributed by atoms with Gasteiger partial charge in [-0.2, -0.15) is 0 Å². The molecule has 3 aromatic carbocycles. The van der Waals surface area contributed by atoms with E-state index in [0.717, 1.165) is 11.1 Å². The molecule has 2 atom stereocenters. The molecule has 0 radical (unpaired) electrons. The molecular weight excluding hydrogens is 392 g/mol. The molecular formula is C30H26O2. The van der Waals surface area contributed by atoms with Crippen LogP contribution in [0.5, 0.6) is 0 Å². The highest BCUT2D eigenvalue weighted by Gasteiger charge is 2.18. The lowest BCUT2D eigenvalue weighted by molar-refractivity contribution is 0.177. The van der Waals surface area contributed by atoms with Crippen LogP contribution in [0.4, 0.5) is 0 Å². The van der Waals surface area contributed by atoms with Crippen LogP contribution < -0.4 is 0 Å². The molecule has 2 heteroatoms. The fourth-order valence-corrected chi connectivity index (χ4v) is 3.29. The molecule has 3 rings (SSSR count). The van der Waals surface area contributed by atoms with Gasteiger partial charge in [0, 0.05) is 22.3 Å². The zero-order chi connectivity index (χ0) is 22.8. The second-order valence-corrected chi connectivity index (χ2v) is 7.34. The Balaban J connectivity index is 2.16. The van der Waals surface area contributed by atoms with Gasteiger partial charge in [0.1, 0.15) is 0 Å². The highest BCUT2D eigenvalue weighted by atomic mass is 16.3. The molecule has 0 saturated carbocycles. The van der Waals surface area contributed by atoms with E-state index < -0.39 is 12.2 Å². The van der Waals surface area contributed by atoms with Gasteiger partial charge in [-0.1, -0.05) is 72.2 Å². The van der Waals surface area contributed by atoms with Crippen molar-refractivity contribution < 1.29 is 10.2 Å². The van der Waals surface area contributed by atoms with E-state index in [1.807, 2.05) is 72.8 Å². The molecule has 0 aromatic heterocycles. The van der Waals surface area contributed by atoms with E-state index in [1.54, 1.807) is 12.2 Å². The Morgan fingerprint density at radius 1 is 0.625 bits per heavy atom. The maximum Gasteiger partial charge on any atom is 0.0836 e. The predicted molar refractivity (Wildman–Crippen MR) is 131 cm³/mol. The Bertz CT molecular complexity index is 1090. The lowest BCUT2D eigenvalue weighted by Gasteiger charge is -2.17. The maximum atomic E-state index is 10.8. The smallest absolute Gasteiger partial charge is 0.0836 e. The van der Waals surface area contributed by atoms with Gasteiger partial charge < -0.3 is 10.2 Å². The van der Waals surface area contributed by atoms with Crippen molar-refractivity contribution in [2.75, 3.05) is 0 Å². The van der Waals surface area contributed by atoms with E-state index in [2.05, 4.69) is 36.8 Å². The van der Waals surface area contributed by atoms with Crippen molar-refractivity contribution in [1.29, 1.82) is 0 Å². The average molecular weight is 419 g/mol. The molecule has 0 aliphatic rings. The van der Waals surface area contributed by atoms with Gasteiger partial charge in [-0.3, -0.25) is 0 Å². The van der Waals surface area contributed by atoms with Crippen molar-refractivity contribution in [1.82, 2.24) is 0 Å². The first-order valence-electron chi connectivity index (χ1n) is 10.5. The molecule has 32 heavy (non-hydrogen) atoms. The van der Waals surface area contributed by atoms with E-state index in [-0.39, 0.29) is 0 Å². The average Bonchev–Trinajstić information content (AvgIpc) is 2.83. The number of benzene rings is 3. The zero-order valence-corrected chi connectivity index (χ0v) is 18.0. The summed E-state index contributed by atoms with van der Waals surface area (Å²) in [7, 11) is 0. The van der Waals surface area contributed by atoms with E-state index in [4.69, 9.17) is 0 Å². The minimum Gasteiger partial charge on any atom is -0.388 e. The number of aliphatic hydroxyl groups is 2. The van der Waals surface area contributed by atoms with Gasteiger partial charge in [0.05, 0.1) is 12.2 Å². The summed E-state index contributed by atoms with van der Waals surface area (Å²) in [5.41, 5.74) is 4.40. The minimum absolute atomic E-state index is 0.389. The second kappa shape index (κ2) is 11.5. The fourth-order valence-electron chi connectivity index (χ4n) is 3.29. The van der Waals surface area contributed by atoms with Gasteiger partial charge >= 0.3 is 0 Å². The summed E-state index contributed by atoms with van der Waals surface area (Å²) in [6, 6.07) is 23.0. The third-order valence-corrected chi connectivity index (χ3v) is 4.95. The lowest BCUT2D eigenvalue weighted by Crippen LogP contribution is -2.06. The Morgan fingerprint density at radius 3 is 1.34 bits per heavy atom. The summed E-state index contributed by atoms with van der Waals surface area (Å²) in [4.78, 5) is 0. The third-order valence-electron chi connectivity index (χ3n) is 4.95. The van der Waals surface area contributed by atoms with Crippen LogP contribution in [0.1, 0.15) is 58.4 Å². The minimum atomic E-state index is -0.768. The van der Waals surface area contributed by atoms with Crippen molar-refractivity contribution in [3.05, 3.63) is 131 Å². The summed E-state index contributed by atoms with van der Waals surface area (Å²) in [5, 5.41) is 21.6. The Morgan fingerprint density at radius 2 is 1.00 bits per heavy atom. The Kier molecular flexibility index (Phi) is 8.24. The summed E-state index contributed by atoms with van der Waals surface area (Å²) in [6.07, 6.45) is 2.59. The van der Waals surface area contributed by atoms with Crippen LogP contribution in [-0.4, -0.2) is 10.2 Å². The van der Waals surface area contributed by atoms with Crippen LogP contribution in [0.25, 0.3) is 0 Å². The van der Waals surface area contributed by atoms with E-state index in [9.17, 15) is 10.2 Å². The van der Waals surface area contributed by atoms with E-state index in [1.165, 1.54) is 0 Å². The summed E-state index contributed by atoms with van der Waals surface area (Å²) >= 11 is 0. The fraction of sp³-hybridized carbons (Fsp3) is 0.133. The van der Waals surface area contributed by atoms with Crippen molar-refractivity contribution >= 4 is 0 Å². The zero-order valence-electron chi connectivity index (χ0n) is 18.0. The van der Waals surface area contributed by atoms with Gasteiger partial charge in [-0.05, 0) is 60.4 Å². The van der Waals surface area contributed by atoms with Crippen molar-refractivity contribution in [2.24, 2.45) is 0 Å². The van der Waals surface area contributed by atoms with Crippen LogP contribution in [0, 0.1) is 23.7 Å². The Hall–Kier alpha value is -3.82. The molecule has 2 nitrogen and oxygen atoms in total. The molecule has 0 saturated heterocycles. The van der Waals surface area contributed by atoms with Crippen molar-refractivity contribution in [2.45, 2.75) is 25.0 Å². The molecule has 2 N–H and O–H groups in total. The standard InChI is InChI=1S/C30H26O2/c1-3-11-29(31)27-21-26(20-18-24-15-9-6-10-16-24)28(30(32)12-4-2)22-25(27)19-17-23-13-7-5-8-14-23/h3-10,13-16,21-22,29-32H,1-2,11-12H2. The summed E-state index contributed by atoms with van der Waals surface area (Å²) < 4.78 is 0. The molecule has 0 amide bonds. The number of rotatable bonds is 6. The summed E-state index contributed by atoms with van der Waals surface area (Å²) in [6.45, 7) is 7.49. The third kappa shape index (κ3) is 6.10. The van der Waals surface area contributed by atoms with Crippen LogP contribution in [-0.2, 0) is 0 Å². The molecule has 2 unspecified atom stereocenters. The quantitative estimate of drug-likeness (QED) is 0.398.